The van der Waals surface area contributed by atoms with Crippen LogP contribution in [-0.4, -0.2) is 159 Å². The van der Waals surface area contributed by atoms with Crippen molar-refractivity contribution in [2.45, 2.75) is 190 Å². The highest BCUT2D eigenvalue weighted by Crippen LogP contribution is 2.22. The van der Waals surface area contributed by atoms with Crippen molar-refractivity contribution < 1.29 is 72.9 Å². The van der Waals surface area contributed by atoms with Crippen LogP contribution in [-0.2, 0) is 64.0 Å². The Hall–Kier alpha value is -7.42. The number of aliphatic hydroxyl groups is 2. The summed E-state index contributed by atoms with van der Waals surface area (Å²) in [4.78, 5) is 162. The van der Waals surface area contributed by atoms with E-state index in [9.17, 15) is 72.9 Å². The number of aliphatic hydroxyl groups excluding tert-OH is 2. The van der Waals surface area contributed by atoms with Gasteiger partial charge in [-0.25, -0.2) is 0 Å². The average Bonchev–Trinajstić information content (AvgIpc) is 3.77. The number of carbonyl (C=O) groups is 12. The Morgan fingerprint density at radius 3 is 1.58 bits per heavy atom. The van der Waals surface area contributed by atoms with Gasteiger partial charge in [-0.1, -0.05) is 90.2 Å². The highest BCUT2D eigenvalue weighted by molar-refractivity contribution is 6.00. The fourth-order valence-corrected chi connectivity index (χ4v) is 9.06. The second-order valence-corrected chi connectivity index (χ2v) is 20.2. The summed E-state index contributed by atoms with van der Waals surface area (Å²) in [5.74, 6) is -12.6. The molecule has 0 bridgehead atoms. The molecule has 18 N–H and O–H groups in total. The molecule has 0 aromatic heterocycles. The number of phenols is 1. The molecule has 0 radical (unpaired) electrons. The molecule has 2 aliphatic rings. The second-order valence-electron chi connectivity index (χ2n) is 20.2. The van der Waals surface area contributed by atoms with E-state index in [0.717, 1.165) is 49.8 Å². The van der Waals surface area contributed by atoms with Crippen LogP contribution in [0.15, 0.2) is 24.3 Å². The Kier molecular flexibility index (Phi) is 27.4. The van der Waals surface area contributed by atoms with Crippen molar-refractivity contribution in [1.29, 1.82) is 0 Å². The lowest BCUT2D eigenvalue weighted by atomic mass is 9.99. The molecule has 2 aliphatic heterocycles. The van der Waals surface area contributed by atoms with Gasteiger partial charge >= 0.3 is 0 Å². The maximum absolute atomic E-state index is 14.3. The van der Waals surface area contributed by atoms with E-state index >= 15 is 0 Å². The number of primary amides is 4. The van der Waals surface area contributed by atoms with Gasteiger partial charge in [-0.05, 0) is 36.5 Å². The molecule has 1 aromatic carbocycles. The Morgan fingerprint density at radius 2 is 1.05 bits per heavy atom. The fourth-order valence-electron chi connectivity index (χ4n) is 9.06. The summed E-state index contributed by atoms with van der Waals surface area (Å²) in [6, 6.07) is -8.08. The van der Waals surface area contributed by atoms with E-state index in [0.29, 0.717) is 24.3 Å². The molecule has 0 aliphatic carbocycles. The van der Waals surface area contributed by atoms with Crippen LogP contribution in [0.2, 0.25) is 0 Å². The summed E-state index contributed by atoms with van der Waals surface area (Å²) in [5.41, 5.74) is 22.1. The van der Waals surface area contributed by atoms with Crippen LogP contribution in [0, 0.1) is 5.92 Å². The van der Waals surface area contributed by atoms with E-state index in [1.54, 1.807) is 0 Å². The number of nitrogens with zero attached hydrogens (tertiary/aromatic N) is 1. The Balaban J connectivity index is 2.11. The van der Waals surface area contributed by atoms with Crippen LogP contribution >= 0.6 is 0 Å². The first-order valence-electron chi connectivity index (χ1n) is 26.5. The third-order valence-electron chi connectivity index (χ3n) is 13.6. The van der Waals surface area contributed by atoms with Crippen molar-refractivity contribution in [3.05, 3.63) is 29.8 Å². The molecule has 0 spiro atoms. The van der Waals surface area contributed by atoms with Crippen molar-refractivity contribution in [2.24, 2.45) is 28.9 Å². The third kappa shape index (κ3) is 23.0. The maximum atomic E-state index is 14.3. The van der Waals surface area contributed by atoms with Crippen molar-refractivity contribution in [1.82, 2.24) is 42.1 Å². The molecule has 434 valence electrons. The number of unbranched alkanes of at least 4 members (excludes halogenated alkanes) is 7. The SMILES string of the molecule is CCC(C)CCCCCCCCCCC1CC(=O)NC(CC(N)=O)C(=O)NC(Cc2ccc(O)cc2)C(=O)NC(CC(N)=O)C(=O)NC(CCC(N)=O)C(=O)N2CC(O)CC2C(=O)NC(CC(N)=O)C(=O)NC(CO)C(=O)N1. The number of hydrogen-bond acceptors (Lipinski definition) is 15. The number of hydrogen-bond donors (Lipinski definition) is 14. The van der Waals surface area contributed by atoms with E-state index in [1.165, 1.54) is 30.7 Å². The first-order chi connectivity index (χ1) is 36.9. The molecule has 3 rings (SSSR count). The van der Waals surface area contributed by atoms with Crippen molar-refractivity contribution in [3.63, 3.8) is 0 Å². The van der Waals surface area contributed by atoms with Gasteiger partial charge in [-0.2, -0.15) is 0 Å². The minimum atomic E-state index is -1.91. The van der Waals surface area contributed by atoms with Gasteiger partial charge < -0.3 is 80.4 Å². The second kappa shape index (κ2) is 33.0. The quantitative estimate of drug-likeness (QED) is 0.0447. The molecule has 2 heterocycles. The zero-order valence-corrected chi connectivity index (χ0v) is 44.4. The molecular weight excluding hydrogens is 1020 g/mol. The van der Waals surface area contributed by atoms with Crippen molar-refractivity contribution in [2.75, 3.05) is 13.2 Å². The maximum Gasteiger partial charge on any atom is 0.245 e. The van der Waals surface area contributed by atoms with Gasteiger partial charge in [0.25, 0.3) is 0 Å². The predicted molar refractivity (Wildman–Crippen MR) is 279 cm³/mol. The summed E-state index contributed by atoms with van der Waals surface area (Å²) in [7, 11) is 0. The van der Waals surface area contributed by atoms with E-state index < -0.39 is 183 Å². The van der Waals surface area contributed by atoms with E-state index in [-0.39, 0.29) is 18.6 Å². The number of nitrogens with two attached hydrogens (primary N) is 4. The van der Waals surface area contributed by atoms with Crippen LogP contribution < -0.4 is 60.2 Å². The molecular formula is C51H80N12O15. The standard InChI is InChI=1S/C51H80N12O15/c1-3-28(2)12-10-8-6-4-5-7-9-11-13-30-21-44(71)57-35(23-41(53)68)46(73)59-34(20-29-14-16-31(65)17-15-29)45(72)60-36(24-42(54)69)47(74)58-33(18-19-40(52)67)51(78)63-26-32(66)22-39(63)50(77)61-37(25-43(55)70)48(75)62-38(27-64)49(76)56-30/h14-17,28,30,32-39,64-66H,3-13,18-27H2,1-2H3,(H2,52,67)(H2,53,68)(H2,54,69)(H2,55,70)(H,56,76)(H,57,71)(H,58,74)(H,59,73)(H,60,72)(H,61,77)(H,62,75). The summed E-state index contributed by atoms with van der Waals surface area (Å²) in [6.07, 6.45) is 3.29. The molecule has 27 heteroatoms. The fraction of sp³-hybridized carbons (Fsp3) is 0.647. The highest BCUT2D eigenvalue weighted by Gasteiger charge is 2.44. The van der Waals surface area contributed by atoms with Gasteiger partial charge in [-0.3, -0.25) is 57.5 Å². The van der Waals surface area contributed by atoms with Gasteiger partial charge in [0.2, 0.25) is 70.9 Å². The predicted octanol–water partition coefficient (Wildman–Crippen LogP) is -3.48. The zero-order valence-electron chi connectivity index (χ0n) is 44.4. The molecule has 78 heavy (non-hydrogen) atoms. The van der Waals surface area contributed by atoms with Crippen LogP contribution in [0.25, 0.3) is 0 Å². The number of fused-ring (bicyclic) bond motifs is 1. The molecule has 10 atom stereocenters. The molecule has 0 saturated carbocycles. The van der Waals surface area contributed by atoms with Crippen LogP contribution in [0.4, 0.5) is 0 Å². The number of carbonyl (C=O) groups excluding carboxylic acids is 12. The Labute approximate surface area is 452 Å². The van der Waals surface area contributed by atoms with E-state index in [1.807, 2.05) is 0 Å². The van der Waals surface area contributed by atoms with E-state index in [4.69, 9.17) is 22.9 Å². The number of rotatable bonds is 24. The number of aromatic hydroxyl groups is 1. The topological polar surface area (TPSA) is 457 Å². The third-order valence-corrected chi connectivity index (χ3v) is 13.6. The highest BCUT2D eigenvalue weighted by atomic mass is 16.3. The summed E-state index contributed by atoms with van der Waals surface area (Å²) in [5, 5.41) is 47.8. The molecule has 27 nitrogen and oxygen atoms in total. The van der Waals surface area contributed by atoms with Crippen molar-refractivity contribution in [3.8, 4) is 5.75 Å². The smallest absolute Gasteiger partial charge is 0.245 e. The lowest BCUT2D eigenvalue weighted by molar-refractivity contribution is -0.143. The summed E-state index contributed by atoms with van der Waals surface area (Å²) < 4.78 is 0. The first kappa shape index (κ1) is 64.9. The molecule has 10 unspecified atom stereocenters. The van der Waals surface area contributed by atoms with Gasteiger partial charge in [-0.15, -0.1) is 0 Å². The largest absolute Gasteiger partial charge is 0.508 e. The van der Waals surface area contributed by atoms with Gasteiger partial charge in [0.05, 0.1) is 32.0 Å². The minimum Gasteiger partial charge on any atom is -0.508 e. The van der Waals surface area contributed by atoms with Gasteiger partial charge in [0.15, 0.2) is 0 Å². The molecule has 12 amide bonds. The average molecular weight is 1100 g/mol. The van der Waals surface area contributed by atoms with Crippen molar-refractivity contribution >= 4 is 70.9 Å². The Bertz CT molecular complexity index is 2270. The van der Waals surface area contributed by atoms with E-state index in [2.05, 4.69) is 51.1 Å². The first-order valence-corrected chi connectivity index (χ1v) is 26.5. The number of benzene rings is 1. The minimum absolute atomic E-state index is 0.161. The lowest BCUT2D eigenvalue weighted by Crippen LogP contribution is -2.60. The van der Waals surface area contributed by atoms with Crippen LogP contribution in [0.5, 0.6) is 5.75 Å². The number of nitrogens with one attached hydrogen (secondary N) is 7. The molecule has 2 saturated heterocycles. The summed E-state index contributed by atoms with van der Waals surface area (Å²) >= 11 is 0. The lowest BCUT2D eigenvalue weighted by Gasteiger charge is -2.30. The van der Waals surface area contributed by atoms with Gasteiger partial charge in [0, 0.05) is 38.3 Å². The number of amides is 12. The normalized spacial score (nSPS) is 24.8. The zero-order chi connectivity index (χ0) is 58.1. The summed E-state index contributed by atoms with van der Waals surface area (Å²) in [6.45, 7) is 2.81. The molecule has 1 aromatic rings. The van der Waals surface area contributed by atoms with Crippen LogP contribution in [0.3, 0.4) is 0 Å². The monoisotopic (exact) mass is 1100 g/mol. The number of phenolic OH excluding ortho intramolecular Hbond substituents is 1. The molecule has 2 fully saturated rings. The van der Waals surface area contributed by atoms with Gasteiger partial charge in [0.1, 0.15) is 48.0 Å². The Morgan fingerprint density at radius 1 is 0.590 bits per heavy atom. The van der Waals surface area contributed by atoms with Crippen LogP contribution in [0.1, 0.15) is 135 Å².